The number of aryl methyl sites for hydroxylation is 1. The molecule has 1 amide bonds. The molecule has 0 radical (unpaired) electrons. The Labute approximate surface area is 220 Å². The lowest BCUT2D eigenvalue weighted by molar-refractivity contribution is -0.165. The molecule has 13 heteroatoms. The number of nitrogens with zero attached hydrogens (tertiary/aromatic N) is 3. The number of hydrogen-bond donors (Lipinski definition) is 4. The van der Waals surface area contributed by atoms with E-state index in [1.165, 1.54) is 17.7 Å². The van der Waals surface area contributed by atoms with Crippen LogP contribution in [0.4, 0.5) is 5.82 Å². The Morgan fingerprint density at radius 2 is 1.89 bits per heavy atom. The first-order chi connectivity index (χ1) is 17.4. The second-order valence-corrected chi connectivity index (χ2v) is 11.1. The van der Waals surface area contributed by atoms with Crippen molar-refractivity contribution < 1.29 is 38.8 Å². The van der Waals surface area contributed by atoms with Gasteiger partial charge in [-0.15, -0.1) is 0 Å². The van der Waals surface area contributed by atoms with Crippen molar-refractivity contribution in [1.29, 1.82) is 0 Å². The molecule has 0 saturated carbocycles. The fraction of sp³-hybridized carbons (Fsp3) is 0.640. The van der Waals surface area contributed by atoms with Crippen molar-refractivity contribution >= 4 is 34.7 Å². The van der Waals surface area contributed by atoms with Gasteiger partial charge in [-0.3, -0.25) is 14.4 Å². The SMILES string of the molecule is Cc1nc(N)c2c(C(N)=O)cn([C@@H]3O[C@H](COC(=O)[C@@H](CC(=O)OC(C)(C)C)C(C)C)[C@@H](O)[C@@]3(C)O)c2n1. The Morgan fingerprint density at radius 3 is 2.45 bits per heavy atom. The molecule has 210 valence electrons. The van der Waals surface area contributed by atoms with Crippen molar-refractivity contribution in [2.75, 3.05) is 12.3 Å². The number of aliphatic hydroxyl groups excluding tert-OH is 1. The van der Waals surface area contributed by atoms with Crippen LogP contribution in [0.1, 0.15) is 70.4 Å². The lowest BCUT2D eigenvalue weighted by atomic mass is 9.92. The van der Waals surface area contributed by atoms with Gasteiger partial charge in [-0.2, -0.15) is 0 Å². The van der Waals surface area contributed by atoms with Crippen molar-refractivity contribution in [2.24, 2.45) is 17.6 Å². The average molecular weight is 536 g/mol. The lowest BCUT2D eigenvalue weighted by Crippen LogP contribution is -2.44. The second kappa shape index (κ2) is 10.5. The summed E-state index contributed by atoms with van der Waals surface area (Å²) >= 11 is 0. The fourth-order valence-electron chi connectivity index (χ4n) is 4.46. The maximum Gasteiger partial charge on any atom is 0.309 e. The highest BCUT2D eigenvalue weighted by Crippen LogP contribution is 2.41. The van der Waals surface area contributed by atoms with Gasteiger partial charge in [-0.05, 0) is 40.5 Å². The zero-order valence-corrected chi connectivity index (χ0v) is 22.7. The summed E-state index contributed by atoms with van der Waals surface area (Å²) in [6.07, 6.45) is -2.71. The highest BCUT2D eigenvalue weighted by Gasteiger charge is 2.54. The van der Waals surface area contributed by atoms with Crippen LogP contribution in [-0.4, -0.2) is 72.6 Å². The number of nitrogen functional groups attached to an aromatic ring is 1. The van der Waals surface area contributed by atoms with Crippen LogP contribution in [0.2, 0.25) is 0 Å². The molecule has 0 spiro atoms. The summed E-state index contributed by atoms with van der Waals surface area (Å²) in [7, 11) is 0. The number of fused-ring (bicyclic) bond motifs is 1. The summed E-state index contributed by atoms with van der Waals surface area (Å²) < 4.78 is 18.0. The smallest absolute Gasteiger partial charge is 0.309 e. The highest BCUT2D eigenvalue weighted by molar-refractivity contribution is 6.08. The zero-order valence-electron chi connectivity index (χ0n) is 22.7. The minimum absolute atomic E-state index is 0.0168. The number of nitrogens with two attached hydrogens (primary N) is 2. The molecule has 1 fully saturated rings. The van der Waals surface area contributed by atoms with Gasteiger partial charge < -0.3 is 40.5 Å². The number of carbonyl (C=O) groups excluding carboxylic acids is 3. The molecule has 1 aliphatic rings. The van der Waals surface area contributed by atoms with Gasteiger partial charge in [0.05, 0.1) is 23.3 Å². The van der Waals surface area contributed by atoms with Gasteiger partial charge in [0, 0.05) is 6.20 Å². The first kappa shape index (κ1) is 29.3. The summed E-state index contributed by atoms with van der Waals surface area (Å²) in [6.45, 7) is 11.3. The Kier molecular flexibility index (Phi) is 8.06. The standard InChI is InChI=1S/C25H37N5O8/c1-11(2)13(8-16(31)38-24(4,5)6)22(34)36-10-15-18(32)25(7,35)23(37-15)30-9-14(20(27)33)17-19(26)28-12(3)29-21(17)30/h9,11,13,15,18,23,32,35H,8,10H2,1-7H3,(H2,27,33)(H2,26,28,29)/t13-,15+,18+,23+,25+/m0/s1. The van der Waals surface area contributed by atoms with Crippen molar-refractivity contribution in [2.45, 2.75) is 84.5 Å². The van der Waals surface area contributed by atoms with Crippen molar-refractivity contribution in [3.63, 3.8) is 0 Å². The van der Waals surface area contributed by atoms with Gasteiger partial charge in [-0.1, -0.05) is 13.8 Å². The largest absolute Gasteiger partial charge is 0.463 e. The maximum atomic E-state index is 12.9. The van der Waals surface area contributed by atoms with Crippen LogP contribution in [-0.2, 0) is 23.8 Å². The average Bonchev–Trinajstić information content (AvgIpc) is 3.24. The van der Waals surface area contributed by atoms with Crippen LogP contribution >= 0.6 is 0 Å². The molecule has 2 aromatic rings. The molecule has 3 heterocycles. The van der Waals surface area contributed by atoms with Crippen LogP contribution in [0.15, 0.2) is 6.20 Å². The number of aliphatic hydroxyl groups is 2. The quantitative estimate of drug-likeness (QED) is 0.351. The monoisotopic (exact) mass is 535 g/mol. The number of rotatable bonds is 8. The van der Waals surface area contributed by atoms with E-state index in [0.29, 0.717) is 5.82 Å². The molecule has 6 N–H and O–H groups in total. The van der Waals surface area contributed by atoms with E-state index in [0.717, 1.165) is 0 Å². The molecule has 0 aliphatic carbocycles. The van der Waals surface area contributed by atoms with E-state index in [-0.39, 0.29) is 34.8 Å². The predicted octanol–water partition coefficient (Wildman–Crippen LogP) is 0.977. The molecular formula is C25H37N5O8. The molecule has 0 bridgehead atoms. The second-order valence-electron chi connectivity index (χ2n) is 11.1. The maximum absolute atomic E-state index is 12.9. The Bertz CT molecular complexity index is 1230. The zero-order chi connectivity index (χ0) is 28.7. The number of ether oxygens (including phenoxy) is 3. The molecule has 2 aromatic heterocycles. The van der Waals surface area contributed by atoms with Gasteiger partial charge in [0.25, 0.3) is 5.91 Å². The van der Waals surface area contributed by atoms with Crippen LogP contribution in [0, 0.1) is 18.8 Å². The van der Waals surface area contributed by atoms with Crippen molar-refractivity contribution in [1.82, 2.24) is 14.5 Å². The molecule has 5 atom stereocenters. The summed E-state index contributed by atoms with van der Waals surface area (Å²) in [4.78, 5) is 45.6. The number of hydrogen-bond acceptors (Lipinski definition) is 11. The highest BCUT2D eigenvalue weighted by atomic mass is 16.6. The van der Waals surface area contributed by atoms with E-state index in [9.17, 15) is 24.6 Å². The van der Waals surface area contributed by atoms with Crippen molar-refractivity contribution in [3.8, 4) is 0 Å². The Morgan fingerprint density at radius 1 is 1.26 bits per heavy atom. The normalized spacial score (nSPS) is 24.5. The molecule has 0 aromatic carbocycles. The summed E-state index contributed by atoms with van der Waals surface area (Å²) in [5, 5.41) is 22.3. The molecular weight excluding hydrogens is 498 g/mol. The summed E-state index contributed by atoms with van der Waals surface area (Å²) in [5.74, 6) is -2.67. The molecule has 3 rings (SSSR count). The van der Waals surface area contributed by atoms with E-state index >= 15 is 0 Å². The minimum Gasteiger partial charge on any atom is -0.463 e. The first-order valence-electron chi connectivity index (χ1n) is 12.3. The van der Waals surface area contributed by atoms with Gasteiger partial charge in [-0.25, -0.2) is 9.97 Å². The Hall–Kier alpha value is -3.29. The third-order valence-electron chi connectivity index (χ3n) is 6.39. The molecule has 0 unspecified atom stereocenters. The number of carbonyl (C=O) groups is 3. The van der Waals surface area contributed by atoms with E-state index in [4.69, 9.17) is 25.7 Å². The summed E-state index contributed by atoms with van der Waals surface area (Å²) in [5.41, 5.74) is 9.14. The number of esters is 2. The molecule has 38 heavy (non-hydrogen) atoms. The van der Waals surface area contributed by atoms with Crippen LogP contribution in [0.5, 0.6) is 0 Å². The number of anilines is 1. The molecule has 1 aliphatic heterocycles. The van der Waals surface area contributed by atoms with Gasteiger partial charge >= 0.3 is 11.9 Å². The van der Waals surface area contributed by atoms with Crippen LogP contribution in [0.25, 0.3) is 11.0 Å². The first-order valence-corrected chi connectivity index (χ1v) is 12.3. The van der Waals surface area contributed by atoms with E-state index in [1.54, 1.807) is 41.5 Å². The molecule has 1 saturated heterocycles. The van der Waals surface area contributed by atoms with Gasteiger partial charge in [0.15, 0.2) is 6.23 Å². The molecule has 13 nitrogen and oxygen atoms in total. The number of amides is 1. The van der Waals surface area contributed by atoms with Crippen molar-refractivity contribution in [3.05, 3.63) is 17.6 Å². The van der Waals surface area contributed by atoms with E-state index in [2.05, 4.69) is 9.97 Å². The van der Waals surface area contributed by atoms with Gasteiger partial charge in [0.2, 0.25) is 0 Å². The fourth-order valence-corrected chi connectivity index (χ4v) is 4.46. The van der Waals surface area contributed by atoms with Crippen LogP contribution < -0.4 is 11.5 Å². The van der Waals surface area contributed by atoms with Crippen LogP contribution in [0.3, 0.4) is 0 Å². The third kappa shape index (κ3) is 5.89. The minimum atomic E-state index is -1.89. The lowest BCUT2D eigenvalue weighted by Gasteiger charge is -2.27. The number of aromatic nitrogens is 3. The Balaban J connectivity index is 1.82. The third-order valence-corrected chi connectivity index (χ3v) is 6.39. The van der Waals surface area contributed by atoms with Gasteiger partial charge in [0.1, 0.15) is 47.3 Å². The number of primary amides is 1. The van der Waals surface area contributed by atoms with E-state index in [1.807, 2.05) is 0 Å². The predicted molar refractivity (Wildman–Crippen MR) is 135 cm³/mol. The topological polar surface area (TPSA) is 202 Å². The van der Waals surface area contributed by atoms with E-state index < -0.39 is 60.0 Å². The summed E-state index contributed by atoms with van der Waals surface area (Å²) in [6, 6.07) is 0.